The Bertz CT molecular complexity index is 1520. The molecule has 0 aromatic rings. The number of carbonyl (C=O) groups excluding carboxylic acids is 4. The Morgan fingerprint density at radius 1 is 0.351 bits per heavy atom. The molecule has 0 rings (SSSR count). The van der Waals surface area contributed by atoms with Crippen LogP contribution in [0.3, 0.4) is 0 Å². The van der Waals surface area contributed by atoms with Gasteiger partial charge in [0.2, 0.25) is 0 Å². The summed E-state index contributed by atoms with van der Waals surface area (Å²) in [7, 11) is -9.86. The van der Waals surface area contributed by atoms with Crippen LogP contribution in [-0.4, -0.2) is 96.7 Å². The maximum Gasteiger partial charge on any atom is 0.472 e. The van der Waals surface area contributed by atoms with Gasteiger partial charge in [-0.1, -0.05) is 234 Å². The van der Waals surface area contributed by atoms with Crippen molar-refractivity contribution in [2.75, 3.05) is 39.6 Å². The van der Waals surface area contributed by atoms with Crippen LogP contribution in [0.15, 0.2) is 0 Å². The molecule has 0 spiro atoms. The maximum absolute atomic E-state index is 12.9. The SMILES string of the molecule is CCCCCCCCCCCCCCCCC(=O)O[C@H](COC(=O)CCCCCCCCCCCCC(C)C)COP(=O)(O)OC[C@@H](O)COP(=O)(O)OC[C@@H](COC(=O)CCCCCCC)OC(=O)CCCCCCC. The average Bonchev–Trinajstić information content (AvgIpc) is 3.39. The van der Waals surface area contributed by atoms with Gasteiger partial charge in [-0.3, -0.25) is 37.3 Å². The summed E-state index contributed by atoms with van der Waals surface area (Å²) in [6, 6.07) is 0. The smallest absolute Gasteiger partial charge is 0.462 e. The van der Waals surface area contributed by atoms with E-state index >= 15 is 0 Å². The minimum Gasteiger partial charge on any atom is -0.462 e. The molecule has 0 aliphatic heterocycles. The lowest BCUT2D eigenvalue weighted by atomic mass is 10.0. The van der Waals surface area contributed by atoms with Crippen LogP contribution in [0.1, 0.15) is 285 Å². The van der Waals surface area contributed by atoms with Crippen molar-refractivity contribution in [3.8, 4) is 0 Å². The van der Waals surface area contributed by atoms with Crippen molar-refractivity contribution in [2.45, 2.75) is 303 Å². The molecule has 17 nitrogen and oxygen atoms in total. The van der Waals surface area contributed by atoms with Gasteiger partial charge in [-0.15, -0.1) is 0 Å². The van der Waals surface area contributed by atoms with Crippen LogP contribution in [0.4, 0.5) is 0 Å². The molecule has 3 N–H and O–H groups in total. The molecule has 0 heterocycles. The number of aliphatic hydroxyl groups is 1. The van der Waals surface area contributed by atoms with E-state index in [1.165, 1.54) is 103 Å². The predicted molar refractivity (Wildman–Crippen MR) is 303 cm³/mol. The highest BCUT2D eigenvalue weighted by molar-refractivity contribution is 7.47. The first-order valence-corrected chi connectivity index (χ1v) is 33.6. The van der Waals surface area contributed by atoms with E-state index in [4.69, 9.17) is 37.0 Å². The Morgan fingerprint density at radius 3 is 0.883 bits per heavy atom. The van der Waals surface area contributed by atoms with E-state index in [1.807, 2.05) is 0 Å². The van der Waals surface area contributed by atoms with Gasteiger partial charge in [0.05, 0.1) is 26.4 Å². The van der Waals surface area contributed by atoms with Crippen LogP contribution in [0, 0.1) is 5.92 Å². The van der Waals surface area contributed by atoms with Gasteiger partial charge >= 0.3 is 39.5 Å². The zero-order valence-electron chi connectivity index (χ0n) is 49.1. The van der Waals surface area contributed by atoms with Crippen molar-refractivity contribution in [1.29, 1.82) is 0 Å². The minimum absolute atomic E-state index is 0.0988. The normalized spacial score (nSPS) is 14.4. The summed E-state index contributed by atoms with van der Waals surface area (Å²) in [5, 5.41) is 10.5. The van der Waals surface area contributed by atoms with E-state index in [1.54, 1.807) is 0 Å². The summed E-state index contributed by atoms with van der Waals surface area (Å²) in [6.45, 7) is 6.96. The molecular weight excluding hydrogens is 1030 g/mol. The monoisotopic (exact) mass is 1140 g/mol. The second-order valence-electron chi connectivity index (χ2n) is 21.5. The summed E-state index contributed by atoms with van der Waals surface area (Å²) >= 11 is 0. The van der Waals surface area contributed by atoms with Crippen LogP contribution in [0.2, 0.25) is 0 Å². The summed E-state index contributed by atoms with van der Waals surface area (Å²) < 4.78 is 67.3. The Morgan fingerprint density at radius 2 is 0.597 bits per heavy atom. The molecule has 0 saturated heterocycles. The number of hydrogen-bond donors (Lipinski definition) is 3. The quantitative estimate of drug-likeness (QED) is 0.0222. The second kappa shape index (κ2) is 52.2. The van der Waals surface area contributed by atoms with Gasteiger partial charge < -0.3 is 33.8 Å². The number of carbonyl (C=O) groups is 4. The summed E-state index contributed by atoms with van der Waals surface area (Å²) in [4.78, 5) is 71.4. The molecule has 0 fully saturated rings. The minimum atomic E-state index is -4.94. The summed E-state index contributed by atoms with van der Waals surface area (Å²) in [5.41, 5.74) is 0. The number of hydrogen-bond acceptors (Lipinski definition) is 15. The van der Waals surface area contributed by atoms with Crippen molar-refractivity contribution in [1.82, 2.24) is 0 Å². The van der Waals surface area contributed by atoms with Gasteiger partial charge in [0.15, 0.2) is 12.2 Å². The molecule has 0 aromatic carbocycles. The zero-order chi connectivity index (χ0) is 57.1. The first kappa shape index (κ1) is 75.1. The molecule has 77 heavy (non-hydrogen) atoms. The van der Waals surface area contributed by atoms with E-state index in [2.05, 4.69) is 34.6 Å². The van der Waals surface area contributed by atoms with Gasteiger partial charge in [0, 0.05) is 25.7 Å². The van der Waals surface area contributed by atoms with Gasteiger partial charge in [-0.25, -0.2) is 9.13 Å². The Balaban J connectivity index is 5.13. The fourth-order valence-electron chi connectivity index (χ4n) is 8.52. The van der Waals surface area contributed by atoms with Crippen LogP contribution in [-0.2, 0) is 65.4 Å². The van der Waals surface area contributed by atoms with E-state index in [0.29, 0.717) is 25.7 Å². The predicted octanol–water partition coefficient (Wildman–Crippen LogP) is 15.5. The first-order valence-electron chi connectivity index (χ1n) is 30.6. The number of phosphoric acid groups is 2. The van der Waals surface area contributed by atoms with E-state index in [0.717, 1.165) is 102 Å². The topological polar surface area (TPSA) is 237 Å². The summed E-state index contributed by atoms with van der Waals surface area (Å²) in [5.74, 6) is -1.40. The third-order valence-corrected chi connectivity index (χ3v) is 15.2. The van der Waals surface area contributed by atoms with Crippen molar-refractivity contribution in [2.24, 2.45) is 5.92 Å². The number of rotatable bonds is 58. The van der Waals surface area contributed by atoms with Crippen molar-refractivity contribution in [3.63, 3.8) is 0 Å². The Labute approximate surface area is 467 Å². The van der Waals surface area contributed by atoms with Crippen molar-refractivity contribution < 1.29 is 80.2 Å². The molecule has 0 radical (unpaired) electrons. The fraction of sp³-hybridized carbons (Fsp3) is 0.931. The molecular formula is C58H112O17P2. The van der Waals surface area contributed by atoms with Crippen LogP contribution >= 0.6 is 15.6 Å². The molecule has 0 saturated carbocycles. The lowest BCUT2D eigenvalue weighted by Crippen LogP contribution is -2.30. The van der Waals surface area contributed by atoms with Crippen LogP contribution in [0.5, 0.6) is 0 Å². The highest BCUT2D eigenvalue weighted by atomic mass is 31.2. The maximum atomic E-state index is 12.9. The van der Waals surface area contributed by atoms with Gasteiger partial charge in [0.25, 0.3) is 0 Å². The van der Waals surface area contributed by atoms with Gasteiger partial charge in [-0.2, -0.15) is 0 Å². The standard InChI is InChI=1S/C58H112O17P2/c1-6-9-12-15-16-17-18-19-20-21-26-29-34-39-44-58(63)75-54(48-69-56(61)42-37-33-28-25-23-22-24-27-32-35-40-51(4)5)50-73-77(66,67)71-46-52(59)45-70-76(64,65)72-49-53(74-57(62)43-38-31-14-11-8-3)47-68-55(60)41-36-30-13-10-7-2/h51-54,59H,6-50H2,1-5H3,(H,64,65)(H,66,67)/t52-,53+,54+/m0/s1. The van der Waals surface area contributed by atoms with Gasteiger partial charge in [-0.05, 0) is 31.6 Å². The molecule has 19 heteroatoms. The third kappa shape index (κ3) is 53.2. The van der Waals surface area contributed by atoms with E-state index < -0.39 is 97.5 Å². The lowest BCUT2D eigenvalue weighted by molar-refractivity contribution is -0.161. The number of ether oxygens (including phenoxy) is 4. The molecule has 0 amide bonds. The molecule has 456 valence electrons. The van der Waals surface area contributed by atoms with E-state index in [9.17, 15) is 43.2 Å². The highest BCUT2D eigenvalue weighted by Gasteiger charge is 2.30. The molecule has 0 bridgehead atoms. The number of aliphatic hydroxyl groups excluding tert-OH is 1. The lowest BCUT2D eigenvalue weighted by Gasteiger charge is -2.21. The fourth-order valence-corrected chi connectivity index (χ4v) is 10.1. The largest absolute Gasteiger partial charge is 0.472 e. The number of unbranched alkanes of at least 4 members (excludes halogenated alkanes) is 30. The first-order chi connectivity index (χ1) is 37.0. The van der Waals surface area contributed by atoms with Crippen LogP contribution < -0.4 is 0 Å². The molecule has 0 aliphatic carbocycles. The van der Waals surface area contributed by atoms with Crippen molar-refractivity contribution in [3.05, 3.63) is 0 Å². The highest BCUT2D eigenvalue weighted by Crippen LogP contribution is 2.45. The summed E-state index contributed by atoms with van der Waals surface area (Å²) in [6.07, 6.45) is 34.2. The molecule has 0 aromatic heterocycles. The zero-order valence-corrected chi connectivity index (χ0v) is 50.9. The second-order valence-corrected chi connectivity index (χ2v) is 24.4. The Kier molecular flexibility index (Phi) is 50.8. The van der Waals surface area contributed by atoms with Gasteiger partial charge in [0.1, 0.15) is 19.3 Å². The average molecular weight is 1140 g/mol. The molecule has 0 aliphatic rings. The molecule has 2 unspecified atom stereocenters. The van der Waals surface area contributed by atoms with Crippen LogP contribution in [0.25, 0.3) is 0 Å². The molecule has 5 atom stereocenters. The third-order valence-electron chi connectivity index (χ3n) is 13.3. The Hall–Kier alpha value is -1.94. The van der Waals surface area contributed by atoms with E-state index in [-0.39, 0.29) is 25.7 Å². The van der Waals surface area contributed by atoms with Crippen molar-refractivity contribution >= 4 is 39.5 Å². The number of phosphoric ester groups is 2. The number of esters is 4.